The van der Waals surface area contributed by atoms with Crippen LogP contribution in [0.3, 0.4) is 0 Å². The summed E-state index contributed by atoms with van der Waals surface area (Å²) in [6.45, 7) is 7.54. The first-order chi connectivity index (χ1) is 19.7. The maximum absolute atomic E-state index is 15.3. The number of carbonyl (C=O) groups is 1. The van der Waals surface area contributed by atoms with Gasteiger partial charge in [0.2, 0.25) is 0 Å². The SMILES string of the molecule is CC(O)C(=O)O.C[C@]12C[C@H](c3ccc(OCCN4CCCCC4)cc3)[C@@H]3c4ccc(O)cc4CC[C@H]3[C@@H]1CC[C@H]2F. The van der Waals surface area contributed by atoms with E-state index in [2.05, 4.69) is 42.2 Å². The van der Waals surface area contributed by atoms with Gasteiger partial charge in [0, 0.05) is 12.0 Å². The Kier molecular flexibility index (Phi) is 9.24. The van der Waals surface area contributed by atoms with E-state index in [4.69, 9.17) is 14.9 Å². The lowest BCUT2D eigenvalue weighted by Gasteiger charge is -2.53. The second kappa shape index (κ2) is 12.7. The molecule has 1 unspecified atom stereocenters. The van der Waals surface area contributed by atoms with Crippen LogP contribution < -0.4 is 4.74 Å². The van der Waals surface area contributed by atoms with E-state index in [1.807, 2.05) is 12.1 Å². The van der Waals surface area contributed by atoms with Gasteiger partial charge in [-0.25, -0.2) is 9.18 Å². The number of phenols is 1. The number of aliphatic hydroxyl groups is 1. The van der Waals surface area contributed by atoms with Crippen LogP contribution in [0.4, 0.5) is 4.39 Å². The first-order valence-corrected chi connectivity index (χ1v) is 15.5. The van der Waals surface area contributed by atoms with Crippen molar-refractivity contribution in [3.05, 3.63) is 59.2 Å². The number of hydrogen-bond donors (Lipinski definition) is 3. The minimum Gasteiger partial charge on any atom is -0.508 e. The number of aliphatic carboxylic acids is 1. The summed E-state index contributed by atoms with van der Waals surface area (Å²) in [5.41, 5.74) is 3.75. The van der Waals surface area contributed by atoms with E-state index in [0.29, 0.717) is 35.8 Å². The summed E-state index contributed by atoms with van der Waals surface area (Å²) < 4.78 is 21.4. The van der Waals surface area contributed by atoms with Crippen molar-refractivity contribution in [3.8, 4) is 11.5 Å². The van der Waals surface area contributed by atoms with Gasteiger partial charge in [-0.15, -0.1) is 0 Å². The van der Waals surface area contributed by atoms with Gasteiger partial charge in [-0.05, 0) is 130 Å². The molecule has 3 fully saturated rings. The quantitative estimate of drug-likeness (QED) is 0.380. The van der Waals surface area contributed by atoms with Crippen LogP contribution >= 0.6 is 0 Å². The van der Waals surface area contributed by atoms with Crippen molar-refractivity contribution in [1.82, 2.24) is 4.90 Å². The molecule has 41 heavy (non-hydrogen) atoms. The lowest BCUT2D eigenvalue weighted by atomic mass is 9.51. The first kappa shape index (κ1) is 29.8. The Hall–Kier alpha value is -2.64. The summed E-state index contributed by atoms with van der Waals surface area (Å²) in [5.74, 6) is 1.76. The average molecular weight is 568 g/mol. The summed E-state index contributed by atoms with van der Waals surface area (Å²) >= 11 is 0. The van der Waals surface area contributed by atoms with Gasteiger partial charge < -0.3 is 20.1 Å². The molecule has 6 rings (SSSR count). The maximum atomic E-state index is 15.3. The minimum atomic E-state index is -1.23. The molecule has 0 spiro atoms. The number of halogens is 1. The summed E-state index contributed by atoms with van der Waals surface area (Å²) in [6.07, 6.45) is 6.76. The molecule has 7 atom stereocenters. The van der Waals surface area contributed by atoms with Gasteiger partial charge in [0.1, 0.15) is 30.4 Å². The molecule has 1 saturated heterocycles. The van der Waals surface area contributed by atoms with Gasteiger partial charge in [-0.1, -0.05) is 31.5 Å². The number of rotatable bonds is 6. The van der Waals surface area contributed by atoms with Crippen molar-refractivity contribution >= 4 is 5.97 Å². The molecule has 1 heterocycles. The molecule has 0 bridgehead atoms. The lowest BCUT2D eigenvalue weighted by molar-refractivity contribution is -0.145. The number of fused-ring (bicyclic) bond motifs is 5. The summed E-state index contributed by atoms with van der Waals surface area (Å²) in [5, 5.41) is 25.9. The fraction of sp³-hybridized carbons (Fsp3) is 0.618. The molecule has 2 aromatic rings. The molecular weight excluding hydrogens is 521 g/mol. The molecule has 7 heteroatoms. The first-order valence-electron chi connectivity index (χ1n) is 15.5. The maximum Gasteiger partial charge on any atom is 0.332 e. The number of alkyl halides is 1. The van der Waals surface area contributed by atoms with E-state index >= 15 is 4.39 Å². The zero-order chi connectivity index (χ0) is 29.1. The molecule has 3 N–H and O–H groups in total. The predicted octanol–water partition coefficient (Wildman–Crippen LogP) is 6.30. The van der Waals surface area contributed by atoms with Crippen LogP contribution in [0.2, 0.25) is 0 Å². The van der Waals surface area contributed by atoms with Crippen molar-refractivity contribution in [2.24, 2.45) is 17.3 Å². The topological polar surface area (TPSA) is 90.2 Å². The van der Waals surface area contributed by atoms with Gasteiger partial charge in [-0.2, -0.15) is 0 Å². The van der Waals surface area contributed by atoms with Crippen LogP contribution in [0.25, 0.3) is 0 Å². The predicted molar refractivity (Wildman–Crippen MR) is 157 cm³/mol. The van der Waals surface area contributed by atoms with E-state index in [1.165, 1.54) is 56.0 Å². The Morgan fingerprint density at radius 3 is 2.49 bits per heavy atom. The summed E-state index contributed by atoms with van der Waals surface area (Å²) in [6, 6.07) is 14.7. The lowest BCUT2D eigenvalue weighted by Crippen LogP contribution is -2.46. The molecule has 6 nitrogen and oxygen atoms in total. The Morgan fingerprint density at radius 2 is 1.80 bits per heavy atom. The normalized spacial score (nSPS) is 31.6. The smallest absolute Gasteiger partial charge is 0.332 e. The third-order valence-corrected chi connectivity index (χ3v) is 10.4. The van der Waals surface area contributed by atoms with Gasteiger partial charge in [0.25, 0.3) is 0 Å². The third-order valence-electron chi connectivity index (χ3n) is 10.4. The Labute approximate surface area is 243 Å². The van der Waals surface area contributed by atoms with Crippen LogP contribution in [0.1, 0.15) is 87.3 Å². The van der Waals surface area contributed by atoms with Crippen LogP contribution in [0.15, 0.2) is 42.5 Å². The van der Waals surface area contributed by atoms with E-state index in [0.717, 1.165) is 44.6 Å². The van der Waals surface area contributed by atoms with E-state index in [-0.39, 0.29) is 5.41 Å². The Bertz CT molecular complexity index is 1180. The highest BCUT2D eigenvalue weighted by Gasteiger charge is 2.58. The number of aryl methyl sites for hydroxylation is 1. The largest absolute Gasteiger partial charge is 0.508 e. The van der Waals surface area contributed by atoms with Gasteiger partial charge in [0.05, 0.1) is 0 Å². The number of aromatic hydroxyl groups is 1. The highest BCUT2D eigenvalue weighted by molar-refractivity contribution is 5.71. The highest BCUT2D eigenvalue weighted by Crippen LogP contribution is 2.65. The number of likely N-dealkylation sites (tertiary alicyclic amines) is 1. The summed E-state index contributed by atoms with van der Waals surface area (Å²) in [4.78, 5) is 12.0. The Balaban J connectivity index is 0.000000511. The zero-order valence-electron chi connectivity index (χ0n) is 24.5. The number of piperidine rings is 1. The number of aliphatic hydroxyl groups excluding tert-OH is 1. The van der Waals surface area contributed by atoms with Crippen molar-refractivity contribution in [2.45, 2.75) is 89.3 Å². The van der Waals surface area contributed by atoms with Crippen molar-refractivity contribution in [1.29, 1.82) is 0 Å². The fourth-order valence-electron chi connectivity index (χ4n) is 8.25. The molecule has 0 radical (unpaired) electrons. The molecular formula is C34H46FNO5. The summed E-state index contributed by atoms with van der Waals surface area (Å²) in [7, 11) is 0. The minimum absolute atomic E-state index is 0.232. The molecule has 2 aromatic carbocycles. The second-order valence-corrected chi connectivity index (χ2v) is 12.9. The highest BCUT2D eigenvalue weighted by atomic mass is 19.1. The van der Waals surface area contributed by atoms with Gasteiger partial charge in [-0.3, -0.25) is 4.90 Å². The van der Waals surface area contributed by atoms with E-state index in [9.17, 15) is 9.90 Å². The molecule has 2 saturated carbocycles. The fourth-order valence-corrected chi connectivity index (χ4v) is 8.25. The van der Waals surface area contributed by atoms with E-state index in [1.54, 1.807) is 0 Å². The van der Waals surface area contributed by atoms with Gasteiger partial charge >= 0.3 is 5.97 Å². The number of carboxylic acid groups (broad SMARTS) is 1. The van der Waals surface area contributed by atoms with Crippen LogP contribution in [0.5, 0.6) is 11.5 Å². The van der Waals surface area contributed by atoms with Crippen LogP contribution in [-0.4, -0.2) is 64.7 Å². The molecule has 0 amide bonds. The molecule has 1 aliphatic heterocycles. The van der Waals surface area contributed by atoms with Crippen molar-refractivity contribution in [2.75, 3.05) is 26.2 Å². The molecule has 224 valence electrons. The van der Waals surface area contributed by atoms with Crippen LogP contribution in [-0.2, 0) is 11.2 Å². The number of hydrogen-bond acceptors (Lipinski definition) is 5. The number of benzene rings is 2. The average Bonchev–Trinajstić information content (AvgIpc) is 3.27. The second-order valence-electron chi connectivity index (χ2n) is 12.9. The molecule has 0 aromatic heterocycles. The number of phenolic OH excluding ortho intramolecular Hbond substituents is 1. The Morgan fingerprint density at radius 1 is 1.10 bits per heavy atom. The van der Waals surface area contributed by atoms with Crippen molar-refractivity contribution in [3.63, 3.8) is 0 Å². The number of nitrogens with zero attached hydrogens (tertiary/aromatic N) is 1. The third kappa shape index (κ3) is 6.41. The monoisotopic (exact) mass is 567 g/mol. The number of carboxylic acids is 1. The molecule has 3 aliphatic carbocycles. The van der Waals surface area contributed by atoms with Gasteiger partial charge in [0.15, 0.2) is 0 Å². The van der Waals surface area contributed by atoms with E-state index < -0.39 is 18.2 Å². The standard InChI is InChI=1S/C31H40FNO2.C3H6O3/c1-31-20-27(21-5-9-24(10-6-21)35-18-17-33-15-3-2-4-16-33)30-25-12-8-23(34)19-22(25)7-11-26(30)28(31)13-14-29(31)32;1-2(4)3(5)6/h5-6,8-10,12,19,26-30,34H,2-4,7,11,13-18,20H2,1H3;2,4H,1H3,(H,5,6)/t26-,27+,28-,29+,30+,31-;/m0./s1. The zero-order valence-corrected chi connectivity index (χ0v) is 24.5. The molecule has 4 aliphatic rings. The number of ether oxygens (including phenoxy) is 1. The van der Waals surface area contributed by atoms with Crippen molar-refractivity contribution < 1.29 is 29.2 Å². The van der Waals surface area contributed by atoms with Crippen LogP contribution in [0, 0.1) is 17.3 Å².